The van der Waals surface area contributed by atoms with Gasteiger partial charge >= 0.3 is 0 Å². The molecular formula is C25H22N2O4. The molecule has 2 heterocycles. The molecule has 2 aromatic carbocycles. The first kappa shape index (κ1) is 19.2. The van der Waals surface area contributed by atoms with Crippen LogP contribution in [0, 0.1) is 0 Å². The number of furan rings is 1. The molecule has 1 N–H and O–H groups in total. The molecule has 0 saturated heterocycles. The lowest BCUT2D eigenvalue weighted by Crippen LogP contribution is -2.37. The minimum atomic E-state index is -0.649. The minimum Gasteiger partial charge on any atom is -0.497 e. The number of hydrogen-bond donors (Lipinski definition) is 1. The fourth-order valence-corrected chi connectivity index (χ4v) is 4.35. The number of carbonyl (C=O) groups is 2. The van der Waals surface area contributed by atoms with E-state index in [0.29, 0.717) is 34.8 Å². The second kappa shape index (κ2) is 7.80. The van der Waals surface area contributed by atoms with E-state index in [2.05, 4.69) is 5.32 Å². The third-order valence-electron chi connectivity index (χ3n) is 5.81. The molecule has 1 aliphatic heterocycles. The van der Waals surface area contributed by atoms with Crippen LogP contribution >= 0.6 is 0 Å². The summed E-state index contributed by atoms with van der Waals surface area (Å²) in [6, 6.07) is 17.6. The third-order valence-corrected chi connectivity index (χ3v) is 5.81. The van der Waals surface area contributed by atoms with Crippen molar-refractivity contribution >= 4 is 23.1 Å². The Balaban J connectivity index is 1.73. The molecule has 3 aromatic rings. The van der Waals surface area contributed by atoms with Crippen molar-refractivity contribution in [3.05, 3.63) is 89.5 Å². The van der Waals surface area contributed by atoms with Gasteiger partial charge < -0.3 is 14.5 Å². The molecule has 1 aliphatic carbocycles. The van der Waals surface area contributed by atoms with Crippen LogP contribution in [0.2, 0.25) is 0 Å². The molecule has 0 unspecified atom stereocenters. The van der Waals surface area contributed by atoms with Gasteiger partial charge in [0.25, 0.3) is 5.91 Å². The fraction of sp³-hybridized carbons (Fsp3) is 0.200. The largest absolute Gasteiger partial charge is 0.497 e. The van der Waals surface area contributed by atoms with Gasteiger partial charge in [-0.25, -0.2) is 0 Å². The molecule has 0 spiro atoms. The van der Waals surface area contributed by atoms with E-state index in [0.717, 1.165) is 24.2 Å². The number of fused-ring (bicyclic) bond motifs is 1. The lowest BCUT2D eigenvalue weighted by molar-refractivity contribution is -0.116. The maximum Gasteiger partial charge on any atom is 0.259 e. The van der Waals surface area contributed by atoms with Crippen LogP contribution in [0.15, 0.2) is 82.6 Å². The highest BCUT2D eigenvalue weighted by Crippen LogP contribution is 2.45. The van der Waals surface area contributed by atoms with Gasteiger partial charge in [0, 0.05) is 23.3 Å². The predicted molar refractivity (Wildman–Crippen MR) is 117 cm³/mol. The first-order chi connectivity index (χ1) is 15.2. The summed E-state index contributed by atoms with van der Waals surface area (Å²) in [7, 11) is 1.59. The highest BCUT2D eigenvalue weighted by molar-refractivity contribution is 6.11. The molecule has 2 aliphatic rings. The Morgan fingerprint density at radius 3 is 2.61 bits per heavy atom. The van der Waals surface area contributed by atoms with Crippen LogP contribution in [-0.4, -0.2) is 18.8 Å². The number of methoxy groups -OCH3 is 1. The van der Waals surface area contributed by atoms with E-state index < -0.39 is 6.04 Å². The Kier molecular flexibility index (Phi) is 4.82. The molecule has 5 rings (SSSR count). The van der Waals surface area contributed by atoms with Gasteiger partial charge in [0.2, 0.25) is 0 Å². The molecule has 0 radical (unpaired) electrons. The van der Waals surface area contributed by atoms with E-state index in [-0.39, 0.29) is 11.7 Å². The zero-order valence-electron chi connectivity index (χ0n) is 17.1. The number of ketones is 1. The predicted octanol–water partition coefficient (Wildman–Crippen LogP) is 5.11. The van der Waals surface area contributed by atoms with Crippen molar-refractivity contribution in [1.29, 1.82) is 0 Å². The fourth-order valence-electron chi connectivity index (χ4n) is 4.35. The molecule has 1 amide bonds. The Labute approximate surface area is 180 Å². The van der Waals surface area contributed by atoms with Crippen LogP contribution in [0.4, 0.5) is 11.4 Å². The Hall–Kier alpha value is -3.80. The van der Waals surface area contributed by atoms with Gasteiger partial charge in [0.15, 0.2) is 5.78 Å². The van der Waals surface area contributed by atoms with E-state index in [1.54, 1.807) is 48.6 Å². The van der Waals surface area contributed by atoms with Crippen molar-refractivity contribution in [3.8, 4) is 5.75 Å². The van der Waals surface area contributed by atoms with Gasteiger partial charge in [0.1, 0.15) is 17.6 Å². The smallest absolute Gasteiger partial charge is 0.259 e. The molecule has 6 heteroatoms. The number of carbonyl (C=O) groups excluding carboxylic acids is 2. The number of rotatable bonds is 3. The first-order valence-electron chi connectivity index (χ1n) is 10.3. The van der Waals surface area contributed by atoms with Crippen LogP contribution in [0.3, 0.4) is 0 Å². The summed E-state index contributed by atoms with van der Waals surface area (Å²) in [6.45, 7) is 0. The summed E-state index contributed by atoms with van der Waals surface area (Å²) in [5.41, 5.74) is 3.45. The first-order valence-corrected chi connectivity index (χ1v) is 10.3. The Bertz CT molecular complexity index is 1160. The average molecular weight is 414 g/mol. The standard InChI is InChI=1S/C25H22N2O4/c1-30-17-13-11-16(12-14-17)25(29)27-20-8-3-2-6-18(20)26-19-7-4-9-21(28)23(19)24(27)22-10-5-15-31-22/h2-3,5-6,8,10-15,24,26H,4,7,9H2,1H3/t24-/m1/s1. The third kappa shape index (κ3) is 3.30. The van der Waals surface area contributed by atoms with Crippen molar-refractivity contribution in [2.75, 3.05) is 17.3 Å². The topological polar surface area (TPSA) is 71.8 Å². The summed E-state index contributed by atoms with van der Waals surface area (Å²) in [4.78, 5) is 28.7. The highest BCUT2D eigenvalue weighted by Gasteiger charge is 2.41. The van der Waals surface area contributed by atoms with Gasteiger partial charge in [-0.3, -0.25) is 14.5 Å². The van der Waals surface area contributed by atoms with Crippen LogP contribution in [-0.2, 0) is 4.79 Å². The molecule has 0 bridgehead atoms. The maximum atomic E-state index is 13.9. The number of nitrogens with zero attached hydrogens (tertiary/aromatic N) is 1. The average Bonchev–Trinajstić information content (AvgIpc) is 3.28. The molecule has 0 saturated carbocycles. The number of anilines is 2. The maximum absolute atomic E-state index is 13.9. The number of para-hydroxylation sites is 2. The number of allylic oxidation sites excluding steroid dienone is 1. The molecule has 31 heavy (non-hydrogen) atoms. The lowest BCUT2D eigenvalue weighted by atomic mass is 9.88. The van der Waals surface area contributed by atoms with E-state index >= 15 is 0 Å². The van der Waals surface area contributed by atoms with E-state index in [9.17, 15) is 9.59 Å². The van der Waals surface area contributed by atoms with Gasteiger partial charge in [-0.15, -0.1) is 0 Å². The quantitative estimate of drug-likeness (QED) is 0.645. The summed E-state index contributed by atoms with van der Waals surface area (Å²) in [5, 5.41) is 3.44. The second-order valence-corrected chi connectivity index (χ2v) is 7.63. The summed E-state index contributed by atoms with van der Waals surface area (Å²) in [5.74, 6) is 1.05. The Morgan fingerprint density at radius 1 is 1.06 bits per heavy atom. The van der Waals surface area contributed by atoms with E-state index in [1.807, 2.05) is 30.3 Å². The number of hydrogen-bond acceptors (Lipinski definition) is 5. The number of Topliss-reactive ketones (excluding diaryl/α,β-unsaturated/α-hetero) is 1. The normalized spacial score (nSPS) is 18.0. The number of nitrogens with one attached hydrogen (secondary N) is 1. The molecule has 0 fully saturated rings. The van der Waals surface area contributed by atoms with E-state index in [4.69, 9.17) is 9.15 Å². The molecular weight excluding hydrogens is 392 g/mol. The number of amides is 1. The van der Waals surface area contributed by atoms with Crippen LogP contribution in [0.5, 0.6) is 5.75 Å². The van der Waals surface area contributed by atoms with Crippen molar-refractivity contribution in [3.63, 3.8) is 0 Å². The zero-order chi connectivity index (χ0) is 21.4. The summed E-state index contributed by atoms with van der Waals surface area (Å²) < 4.78 is 11.0. The number of ether oxygens (including phenoxy) is 1. The molecule has 6 nitrogen and oxygen atoms in total. The number of benzene rings is 2. The van der Waals surface area contributed by atoms with Crippen molar-refractivity contribution in [1.82, 2.24) is 0 Å². The summed E-state index contributed by atoms with van der Waals surface area (Å²) in [6.07, 6.45) is 3.56. The van der Waals surface area contributed by atoms with Crippen molar-refractivity contribution < 1.29 is 18.7 Å². The van der Waals surface area contributed by atoms with Gasteiger partial charge in [-0.1, -0.05) is 12.1 Å². The van der Waals surface area contributed by atoms with Crippen LogP contribution in [0.25, 0.3) is 0 Å². The van der Waals surface area contributed by atoms with Crippen molar-refractivity contribution in [2.45, 2.75) is 25.3 Å². The van der Waals surface area contributed by atoms with Crippen LogP contribution in [0.1, 0.15) is 41.4 Å². The van der Waals surface area contributed by atoms with Crippen molar-refractivity contribution in [2.24, 2.45) is 0 Å². The van der Waals surface area contributed by atoms with E-state index in [1.165, 1.54) is 0 Å². The monoisotopic (exact) mass is 414 g/mol. The highest BCUT2D eigenvalue weighted by atomic mass is 16.5. The molecule has 156 valence electrons. The lowest BCUT2D eigenvalue weighted by Gasteiger charge is -2.32. The van der Waals surface area contributed by atoms with Gasteiger partial charge in [-0.05, 0) is 61.4 Å². The zero-order valence-corrected chi connectivity index (χ0v) is 17.1. The second-order valence-electron chi connectivity index (χ2n) is 7.63. The molecule has 1 atom stereocenters. The SMILES string of the molecule is COc1ccc(C(=O)N2c3ccccc3NC3=C(C(=O)CCC3)[C@H]2c2ccco2)cc1. The minimum absolute atomic E-state index is 0.0375. The molecule has 1 aromatic heterocycles. The van der Waals surface area contributed by atoms with Crippen LogP contribution < -0.4 is 15.0 Å². The van der Waals surface area contributed by atoms with Gasteiger partial charge in [-0.2, -0.15) is 0 Å². The van der Waals surface area contributed by atoms with Gasteiger partial charge in [0.05, 0.1) is 24.7 Å². The Morgan fingerprint density at radius 2 is 1.87 bits per heavy atom. The summed E-state index contributed by atoms with van der Waals surface area (Å²) >= 11 is 0.